The predicted molar refractivity (Wildman–Crippen MR) is 382 cm³/mol. The second-order valence-electron chi connectivity index (χ2n) is 26.6. The number of methoxy groups -OCH3 is 1. The van der Waals surface area contributed by atoms with Crippen LogP contribution in [-0.4, -0.2) is 221 Å². The molecule has 107 heavy (non-hydrogen) atoms. The van der Waals surface area contributed by atoms with Gasteiger partial charge in [-0.2, -0.15) is 4.73 Å². The van der Waals surface area contributed by atoms with Gasteiger partial charge in [-0.1, -0.05) is 12.1 Å². The molecule has 3 fully saturated rings. The lowest BCUT2D eigenvalue weighted by atomic mass is 9.85. The predicted octanol–water partition coefficient (Wildman–Crippen LogP) is 3.17. The number of carbonyl (C=O) groups is 8. The van der Waals surface area contributed by atoms with E-state index < -0.39 is 160 Å². The van der Waals surface area contributed by atoms with Crippen LogP contribution in [0.3, 0.4) is 0 Å². The van der Waals surface area contributed by atoms with E-state index in [0.717, 1.165) is 56.7 Å². The van der Waals surface area contributed by atoms with Gasteiger partial charge in [-0.25, -0.2) is 47.9 Å². The molecule has 11 N–H and O–H groups in total. The number of hydrogen-bond acceptors (Lipinski definition) is 33. The minimum absolute atomic E-state index is 0.00812. The summed E-state index contributed by atoms with van der Waals surface area (Å²) in [5.74, 6) is -9.29. The molecule has 0 aliphatic carbocycles. The van der Waals surface area contributed by atoms with Gasteiger partial charge in [-0.05, 0) is 91.3 Å². The quantitative estimate of drug-likeness (QED) is 0.0505. The zero-order chi connectivity index (χ0) is 76.0. The Labute approximate surface area is 627 Å². The molecule has 13 heterocycles. The number of nitrogens with one attached hydrogen (secondary N) is 5. The van der Waals surface area contributed by atoms with Crippen LogP contribution in [-0.2, 0) is 65.9 Å². The van der Waals surface area contributed by atoms with E-state index in [4.69, 9.17) is 49.1 Å². The van der Waals surface area contributed by atoms with Gasteiger partial charge in [0, 0.05) is 49.8 Å². The lowest BCUT2D eigenvalue weighted by Gasteiger charge is -2.48. The van der Waals surface area contributed by atoms with Crippen molar-refractivity contribution in [2.45, 2.75) is 131 Å². The highest BCUT2D eigenvalue weighted by Crippen LogP contribution is 2.44. The fraction of sp³-hybridized carbons (Fsp3) is 0.424. The number of nitrogens with zero attached hydrogens (tertiary/aromatic N) is 9. The number of sulfone groups is 1. The number of rotatable bonds is 11. The van der Waals surface area contributed by atoms with Crippen LogP contribution in [0.4, 0.5) is 0 Å². The number of fused-ring (bicyclic) bond motifs is 17. The first-order chi connectivity index (χ1) is 51.0. The summed E-state index contributed by atoms with van der Waals surface area (Å²) in [6.07, 6.45) is -6.50. The highest BCUT2D eigenvalue weighted by molar-refractivity contribution is 7.93. The first-order valence-electron chi connectivity index (χ1n) is 33.2. The molecule has 12 atom stereocenters. The maximum atomic E-state index is 15.2. The van der Waals surface area contributed by atoms with Crippen molar-refractivity contribution in [3.05, 3.63) is 112 Å². The molecule has 35 nitrogen and oxygen atoms in total. The number of allylic oxidation sites excluding steroid dienone is 1. The number of aromatic nitrogens is 7. The van der Waals surface area contributed by atoms with Crippen LogP contribution in [0.5, 0.6) is 5.75 Å². The maximum Gasteiger partial charge on any atom is 0.358 e. The Bertz CT molecular complexity index is 5060. The van der Waals surface area contributed by atoms with Crippen molar-refractivity contribution in [1.29, 1.82) is 0 Å². The third kappa shape index (κ3) is 14.1. The summed E-state index contributed by atoms with van der Waals surface area (Å²) in [6.45, 7) is 5.11. The van der Waals surface area contributed by atoms with Crippen LogP contribution in [0.15, 0.2) is 56.9 Å². The summed E-state index contributed by atoms with van der Waals surface area (Å²) in [5.41, 5.74) is 2.21. The van der Waals surface area contributed by atoms with E-state index in [2.05, 4.69) is 41.5 Å². The normalized spacial score (nSPS) is 26.7. The number of aliphatic hydroxyl groups excluding tert-OH is 1. The lowest BCUT2D eigenvalue weighted by molar-refractivity contribution is -0.280. The van der Waals surface area contributed by atoms with Gasteiger partial charge in [0.1, 0.15) is 125 Å². The molecule has 0 radical (unpaired) electrons. The number of benzene rings is 1. The Kier molecular flexibility index (Phi) is 20.4. The van der Waals surface area contributed by atoms with Gasteiger partial charge < -0.3 is 86.2 Å². The Morgan fingerprint density at radius 3 is 2.20 bits per heavy atom. The molecule has 564 valence electrons. The number of cyclic esters (lactones) is 2. The summed E-state index contributed by atoms with van der Waals surface area (Å²) >= 11 is 4.29. The summed E-state index contributed by atoms with van der Waals surface area (Å²) in [4.78, 5) is 148. The van der Waals surface area contributed by atoms with Crippen molar-refractivity contribution in [2.24, 2.45) is 11.7 Å². The first-order valence-corrected chi connectivity index (χ1v) is 39.2. The highest BCUT2D eigenvalue weighted by atomic mass is 32.2. The molecule has 41 heteroatoms. The van der Waals surface area contributed by atoms with Crippen LogP contribution >= 0.6 is 56.7 Å². The van der Waals surface area contributed by atoms with Gasteiger partial charge in [0.2, 0.25) is 11.3 Å². The Balaban J connectivity index is 0.910. The molecule has 3 unspecified atom stereocenters. The molecule has 14 rings (SSSR count). The fourth-order valence-corrected chi connectivity index (χ4v) is 20.8. The molecule has 14 bridgehead atoms. The van der Waals surface area contributed by atoms with E-state index in [0.29, 0.717) is 30.7 Å². The number of aromatic hydroxyl groups is 1. The standard InChI is InChI=1S/C66H69N15O20S6/c1-25(82)42-56(89)76-43(26(2)96-7)59-71-36(23-104-59)54(87)77-46-48-49(101-40-16-66(4,92)50(79(5)6)27(3)100-40)65(91)98-17-29-9-8-10-38-41(29)31(18-97-48)47(81(38)93)64(90)99-19-32(68-52(85)34-22-106-61(46)73-34)58-69-33(20-103-58)44-30(57-70-35(21-102-57)53(86)75-42)15-39(83)45(74-44)60-72-37(24-105-60)55(88)78-62(51(67)84)107(94,95)63-28-11-13-80(63)14-12-28/h8-10,15,20-25,27-28,32,40,42,46,48-50,62-63,82-83,92-93H,11-14,16-19H2,1-7H3,(H2,67,84)(H,68,85)(H,75,86)(H,76,89)(H,77,87)(H,78,88)/b43-26+/t25-,27+,32+,40+,42?,46+,48+,49+,50-,62?,63?,66+/m1/s1. The average molecular weight is 1580 g/mol. The lowest BCUT2D eigenvalue weighted by Crippen LogP contribution is -2.62. The second-order valence-corrected chi connectivity index (χ2v) is 33.1. The third-order valence-corrected chi connectivity index (χ3v) is 26.1. The number of aliphatic hydroxyl groups is 2. The average Bonchev–Trinajstić information content (AvgIpc) is 1.64. The zero-order valence-corrected chi connectivity index (χ0v) is 62.6. The molecule has 3 saturated heterocycles. The van der Waals surface area contributed by atoms with Crippen molar-refractivity contribution in [3.63, 3.8) is 0 Å². The van der Waals surface area contributed by atoms with E-state index in [1.807, 2.05) is 0 Å². The highest BCUT2D eigenvalue weighted by Gasteiger charge is 2.53. The summed E-state index contributed by atoms with van der Waals surface area (Å²) in [6, 6.07) is 0.459. The Morgan fingerprint density at radius 2 is 1.50 bits per heavy atom. The number of primary amides is 1. The molecule has 1 aromatic carbocycles. The number of esters is 2. The van der Waals surface area contributed by atoms with Gasteiger partial charge in [-0.15, -0.1) is 56.7 Å². The van der Waals surface area contributed by atoms with Crippen LogP contribution in [0, 0.1) is 5.92 Å². The Morgan fingerprint density at radius 1 is 0.841 bits per heavy atom. The number of nitrogens with two attached hydrogens (primary N) is 1. The van der Waals surface area contributed by atoms with E-state index in [1.165, 1.54) is 60.0 Å². The monoisotopic (exact) mass is 1580 g/mol. The van der Waals surface area contributed by atoms with Crippen LogP contribution in [0.1, 0.15) is 138 Å². The molecule has 6 aliphatic heterocycles. The third-order valence-electron chi connectivity index (χ3n) is 19.3. The van der Waals surface area contributed by atoms with Crippen molar-refractivity contribution >= 4 is 131 Å². The largest absolute Gasteiger partial charge is 0.506 e. The number of pyridine rings is 1. The maximum absolute atomic E-state index is 15.2. The minimum atomic E-state index is -4.40. The summed E-state index contributed by atoms with van der Waals surface area (Å²) in [7, 11) is 0.416. The zero-order valence-electron chi connectivity index (χ0n) is 57.7. The van der Waals surface area contributed by atoms with Gasteiger partial charge in [0.05, 0.1) is 43.1 Å². The van der Waals surface area contributed by atoms with Crippen molar-refractivity contribution in [2.75, 3.05) is 40.9 Å². The van der Waals surface area contributed by atoms with E-state index in [-0.39, 0.29) is 116 Å². The molecule has 0 saturated carbocycles. The number of hydrogen-bond donors (Lipinski definition) is 10. The number of carbonyl (C=O) groups excluding carboxylic acids is 8. The first kappa shape index (κ1) is 74.5. The molecule has 6 amide bonds. The number of thiazole rings is 5. The number of ether oxygens (including phenoxy) is 6. The number of amides is 6. The van der Waals surface area contributed by atoms with Crippen LogP contribution < -0.4 is 32.3 Å². The van der Waals surface area contributed by atoms with E-state index in [9.17, 15) is 48.1 Å². The minimum Gasteiger partial charge on any atom is -0.506 e. The SMILES string of the molecule is CO/C(C)=C1/NC(=O)C([C@@H](C)O)NC(=O)c2csc(n2)-c2cc(O)c(-c3nc(C(=O)NC(C(N)=O)S(=O)(=O)C4C5CCN4CC5)cs3)nc2-c2csc(n2)[C@@H]2COC(=O)c3c4c5c(cccc5n3O)COC(=O)[C@@H](O[C@H]3C[C@](C)(O)[C@H](N(C)C)[C@H](C)O3)[C@@H](OC4)[C@H](NC(=O)c3csc1n3)c1nc(cs1)C(=O)N2. The molecule has 0 spiro atoms. The molecule has 6 aliphatic rings. The Hall–Kier alpha value is -9.37. The smallest absolute Gasteiger partial charge is 0.358 e. The van der Waals surface area contributed by atoms with Gasteiger partial charge in [-0.3, -0.25) is 33.7 Å². The van der Waals surface area contributed by atoms with Gasteiger partial charge in [0.25, 0.3) is 29.5 Å². The molecule has 7 aromatic heterocycles. The van der Waals surface area contributed by atoms with Crippen LogP contribution in [0.25, 0.3) is 49.3 Å². The van der Waals surface area contributed by atoms with Crippen molar-refractivity contribution in [1.82, 2.24) is 71.0 Å². The van der Waals surface area contributed by atoms with E-state index >= 15 is 19.2 Å². The van der Waals surface area contributed by atoms with Crippen molar-refractivity contribution in [3.8, 4) is 38.4 Å². The topological polar surface area (TPSA) is 482 Å². The van der Waals surface area contributed by atoms with Crippen molar-refractivity contribution < 1.29 is 95.7 Å². The summed E-state index contributed by atoms with van der Waals surface area (Å²) in [5, 5.41) is 64.2. The van der Waals surface area contributed by atoms with Crippen LogP contribution in [0.2, 0.25) is 0 Å². The molecule has 8 aromatic rings. The second kappa shape index (κ2) is 29.3. The molecular formula is C66H69N15O20S6. The number of piperidine rings is 1. The van der Waals surface area contributed by atoms with Gasteiger partial charge >= 0.3 is 11.9 Å². The number of likely N-dealkylation sites (N-methyl/N-ethyl adjacent to an activating group) is 1. The van der Waals surface area contributed by atoms with Gasteiger partial charge in [0.15, 0.2) is 27.9 Å². The molecular weight excluding hydrogens is 1520 g/mol. The van der Waals surface area contributed by atoms with E-state index in [1.54, 1.807) is 49.9 Å². The summed E-state index contributed by atoms with van der Waals surface area (Å²) < 4.78 is 66.3. The fourth-order valence-electron chi connectivity index (χ4n) is 14.4.